The van der Waals surface area contributed by atoms with E-state index in [2.05, 4.69) is 10.3 Å². The Bertz CT molecular complexity index is 696. The molecule has 1 heterocycles. The summed E-state index contributed by atoms with van der Waals surface area (Å²) in [5, 5.41) is 3.43. The molecule has 0 aliphatic carbocycles. The maximum absolute atomic E-state index is 12.1. The number of anilines is 1. The summed E-state index contributed by atoms with van der Waals surface area (Å²) in [7, 11) is 0. The minimum absolute atomic E-state index is 0.178. The minimum atomic E-state index is -0.462. The number of carbonyl (C=O) groups excluding carboxylic acids is 1. The Morgan fingerprint density at radius 1 is 1.19 bits per heavy atom. The predicted molar refractivity (Wildman–Crippen MR) is 89.5 cm³/mol. The number of rotatable bonds is 3. The molecule has 0 aliphatic rings. The van der Waals surface area contributed by atoms with E-state index in [0.29, 0.717) is 10.6 Å². The second kappa shape index (κ2) is 6.58. The van der Waals surface area contributed by atoms with Crippen molar-refractivity contribution in [1.82, 2.24) is 4.98 Å². The van der Waals surface area contributed by atoms with Gasteiger partial charge in [-0.25, -0.2) is 0 Å². The Labute approximate surface area is 141 Å². The molecule has 0 fully saturated rings. The van der Waals surface area contributed by atoms with Crippen LogP contribution in [0.4, 0.5) is 5.69 Å². The summed E-state index contributed by atoms with van der Waals surface area (Å²) in [5.74, 6) is -0.462. The number of nitrogens with one attached hydrogen (secondary N) is 1. The Morgan fingerprint density at radius 3 is 2.29 bits per heavy atom. The fourth-order valence-corrected chi connectivity index (χ4v) is 2.55. The number of halogens is 3. The number of nitrogens with two attached hydrogens (primary N) is 1. The molecule has 3 N–H and O–H groups in total. The van der Waals surface area contributed by atoms with Gasteiger partial charge in [0, 0.05) is 16.8 Å². The van der Waals surface area contributed by atoms with E-state index in [1.807, 2.05) is 0 Å². The van der Waals surface area contributed by atoms with Crippen molar-refractivity contribution in [2.24, 2.45) is 5.73 Å². The molecule has 8 heteroatoms. The minimum Gasteiger partial charge on any atom is -0.389 e. The first-order chi connectivity index (χ1) is 9.88. The molecular weight excluding hydrogens is 353 g/mol. The van der Waals surface area contributed by atoms with Crippen molar-refractivity contribution in [1.29, 1.82) is 0 Å². The lowest BCUT2D eigenvalue weighted by Gasteiger charge is -2.09. The van der Waals surface area contributed by atoms with Crippen LogP contribution in [0.25, 0.3) is 0 Å². The van der Waals surface area contributed by atoms with Crippen LogP contribution >= 0.6 is 47.0 Å². The number of thiocarbonyl (C=S) groups is 1. The monoisotopic (exact) mass is 359 g/mol. The summed E-state index contributed by atoms with van der Waals surface area (Å²) in [4.78, 5) is 16.3. The highest BCUT2D eigenvalue weighted by molar-refractivity contribution is 7.80. The lowest BCUT2D eigenvalue weighted by Crippen LogP contribution is -2.16. The third-order valence-electron chi connectivity index (χ3n) is 2.53. The summed E-state index contributed by atoms with van der Waals surface area (Å²) >= 11 is 22.6. The molecule has 1 aromatic heterocycles. The molecule has 0 atom stereocenters. The molecule has 0 radical (unpaired) electrons. The number of hydrogen-bond donors (Lipinski definition) is 2. The second-order valence-corrected chi connectivity index (χ2v) is 5.69. The van der Waals surface area contributed by atoms with Gasteiger partial charge in [0.25, 0.3) is 5.91 Å². The van der Waals surface area contributed by atoms with E-state index in [9.17, 15) is 4.79 Å². The maximum atomic E-state index is 12.1. The van der Waals surface area contributed by atoms with Crippen molar-refractivity contribution in [3.63, 3.8) is 0 Å². The van der Waals surface area contributed by atoms with Gasteiger partial charge in [-0.2, -0.15) is 0 Å². The summed E-state index contributed by atoms with van der Waals surface area (Å²) in [6.07, 6.45) is 1.42. The topological polar surface area (TPSA) is 68.0 Å². The number of pyridine rings is 1. The van der Waals surface area contributed by atoms with Crippen LogP contribution in [0.15, 0.2) is 30.5 Å². The number of hydrogen-bond acceptors (Lipinski definition) is 3. The Kier molecular flexibility index (Phi) is 5.00. The molecule has 21 heavy (non-hydrogen) atoms. The lowest BCUT2D eigenvalue weighted by molar-refractivity contribution is 0.102. The molecular formula is C13H8Cl3N3OS. The number of aromatic nitrogens is 1. The van der Waals surface area contributed by atoms with E-state index in [-0.39, 0.29) is 26.4 Å². The van der Waals surface area contributed by atoms with E-state index in [0.717, 1.165) is 0 Å². The van der Waals surface area contributed by atoms with Crippen molar-refractivity contribution >= 4 is 63.6 Å². The normalized spacial score (nSPS) is 10.2. The largest absolute Gasteiger partial charge is 0.389 e. The van der Waals surface area contributed by atoms with Crippen molar-refractivity contribution in [2.45, 2.75) is 0 Å². The highest BCUT2D eigenvalue weighted by Gasteiger charge is 2.14. The van der Waals surface area contributed by atoms with Gasteiger partial charge in [-0.15, -0.1) is 0 Å². The first-order valence-electron chi connectivity index (χ1n) is 5.60. The van der Waals surface area contributed by atoms with Crippen LogP contribution < -0.4 is 11.1 Å². The first kappa shape index (κ1) is 16.0. The SMILES string of the molecule is NC(=S)c1ccc(C(=O)Nc2c(Cl)cc(Cl)cc2Cl)nc1. The highest BCUT2D eigenvalue weighted by atomic mass is 35.5. The maximum Gasteiger partial charge on any atom is 0.274 e. The average molecular weight is 361 g/mol. The molecule has 0 saturated carbocycles. The fraction of sp³-hybridized carbons (Fsp3) is 0. The molecule has 2 aromatic rings. The van der Waals surface area contributed by atoms with Crippen molar-refractivity contribution in [3.8, 4) is 0 Å². The Balaban J connectivity index is 2.24. The van der Waals surface area contributed by atoms with Crippen LogP contribution in [0.1, 0.15) is 16.1 Å². The molecule has 0 aliphatic heterocycles. The third-order valence-corrected chi connectivity index (χ3v) is 3.58. The smallest absolute Gasteiger partial charge is 0.274 e. The third kappa shape index (κ3) is 3.83. The fourth-order valence-electron chi connectivity index (χ4n) is 1.51. The Hall–Kier alpha value is -1.40. The average Bonchev–Trinajstić information content (AvgIpc) is 2.42. The van der Waals surface area contributed by atoms with Crippen LogP contribution in [0, 0.1) is 0 Å². The molecule has 1 amide bonds. The zero-order valence-electron chi connectivity index (χ0n) is 10.4. The molecule has 0 spiro atoms. The molecule has 4 nitrogen and oxygen atoms in total. The molecule has 0 bridgehead atoms. The number of nitrogens with zero attached hydrogens (tertiary/aromatic N) is 1. The summed E-state index contributed by atoms with van der Waals surface area (Å²) in [5.41, 5.74) is 6.48. The van der Waals surface area contributed by atoms with Gasteiger partial charge >= 0.3 is 0 Å². The van der Waals surface area contributed by atoms with Crippen LogP contribution in [0.2, 0.25) is 15.1 Å². The molecule has 0 saturated heterocycles. The number of carbonyl (C=O) groups is 1. The van der Waals surface area contributed by atoms with Gasteiger partial charge < -0.3 is 11.1 Å². The van der Waals surface area contributed by atoms with Gasteiger partial charge in [0.2, 0.25) is 0 Å². The second-order valence-electron chi connectivity index (χ2n) is 3.99. The van der Waals surface area contributed by atoms with Crippen molar-refractivity contribution < 1.29 is 4.79 Å². The summed E-state index contributed by atoms with van der Waals surface area (Å²) < 4.78 is 0. The van der Waals surface area contributed by atoms with Crippen LogP contribution in [-0.4, -0.2) is 15.9 Å². The van der Waals surface area contributed by atoms with Crippen LogP contribution in [0.5, 0.6) is 0 Å². The number of amides is 1. The molecule has 1 aromatic carbocycles. The molecule has 108 valence electrons. The zero-order valence-corrected chi connectivity index (χ0v) is 13.4. The molecule has 0 unspecified atom stereocenters. The van der Waals surface area contributed by atoms with Crippen LogP contribution in [-0.2, 0) is 0 Å². The quantitative estimate of drug-likeness (QED) is 0.814. The summed E-state index contributed by atoms with van der Waals surface area (Å²) in [6.45, 7) is 0. The van der Waals surface area contributed by atoms with E-state index in [1.165, 1.54) is 24.4 Å². The van der Waals surface area contributed by atoms with Crippen molar-refractivity contribution in [2.75, 3.05) is 5.32 Å². The van der Waals surface area contributed by atoms with E-state index < -0.39 is 5.91 Å². The highest BCUT2D eigenvalue weighted by Crippen LogP contribution is 2.33. The zero-order chi connectivity index (χ0) is 15.6. The van der Waals surface area contributed by atoms with E-state index in [1.54, 1.807) is 6.07 Å². The number of benzene rings is 1. The van der Waals surface area contributed by atoms with Gasteiger partial charge in [0.05, 0.1) is 15.7 Å². The van der Waals surface area contributed by atoms with Gasteiger partial charge in [0.15, 0.2) is 0 Å². The van der Waals surface area contributed by atoms with E-state index in [4.69, 9.17) is 52.8 Å². The predicted octanol–water partition coefficient (Wildman–Crippen LogP) is 3.93. The first-order valence-corrected chi connectivity index (χ1v) is 7.14. The van der Waals surface area contributed by atoms with Gasteiger partial charge in [0.1, 0.15) is 10.7 Å². The van der Waals surface area contributed by atoms with Crippen molar-refractivity contribution in [3.05, 3.63) is 56.8 Å². The van der Waals surface area contributed by atoms with Gasteiger partial charge in [-0.1, -0.05) is 47.0 Å². The molecule has 2 rings (SSSR count). The van der Waals surface area contributed by atoms with Gasteiger partial charge in [-0.05, 0) is 24.3 Å². The van der Waals surface area contributed by atoms with Gasteiger partial charge in [-0.3, -0.25) is 9.78 Å². The van der Waals surface area contributed by atoms with E-state index >= 15 is 0 Å². The Morgan fingerprint density at radius 2 is 1.81 bits per heavy atom. The van der Waals surface area contributed by atoms with Crippen LogP contribution in [0.3, 0.4) is 0 Å². The standard InChI is InChI=1S/C13H8Cl3N3OS/c14-7-3-8(15)11(9(16)4-7)19-13(20)10-2-1-6(5-18-10)12(17)21/h1-5H,(H2,17,21)(H,19,20). The lowest BCUT2D eigenvalue weighted by atomic mass is 10.2. The summed E-state index contributed by atoms with van der Waals surface area (Å²) in [6, 6.07) is 6.07.